The lowest BCUT2D eigenvalue weighted by Gasteiger charge is -2.24. The molecular weight excluding hydrogens is 576 g/mol. The number of carbonyl (C=O) groups is 4. The number of hydrogen-bond donors (Lipinski definition) is 3. The van der Waals surface area contributed by atoms with E-state index in [1.54, 1.807) is 11.8 Å². The number of hydrogen-bond acceptors (Lipinski definition) is 4. The van der Waals surface area contributed by atoms with E-state index in [-0.39, 0.29) is 23.6 Å². The summed E-state index contributed by atoms with van der Waals surface area (Å²) in [5.41, 5.74) is 5.25. The summed E-state index contributed by atoms with van der Waals surface area (Å²) in [6, 6.07) is 23.5. The number of nitrogens with one attached hydrogen (secondary N) is 3. The molecule has 4 amide bonds. The Kier molecular flexibility index (Phi) is 10.9. The van der Waals surface area contributed by atoms with Crippen LogP contribution in [0.2, 0.25) is 0 Å². The van der Waals surface area contributed by atoms with Crippen LogP contribution in [0.1, 0.15) is 55.7 Å². The summed E-state index contributed by atoms with van der Waals surface area (Å²) in [6.45, 7) is 2.27. The molecule has 1 heterocycles. The molecule has 0 unspecified atom stereocenters. The molecule has 8 heteroatoms. The maximum atomic E-state index is 13.1. The Morgan fingerprint density at radius 2 is 1.50 bits per heavy atom. The van der Waals surface area contributed by atoms with Gasteiger partial charge in [0.2, 0.25) is 23.6 Å². The van der Waals surface area contributed by atoms with E-state index < -0.39 is 12.1 Å². The van der Waals surface area contributed by atoms with Crippen LogP contribution in [-0.2, 0) is 25.6 Å². The fraction of sp³-hybridized carbons (Fsp3) is 0.263. The highest BCUT2D eigenvalue weighted by Crippen LogP contribution is 2.22. The Labute approximate surface area is 270 Å². The first kappa shape index (κ1) is 32.2. The van der Waals surface area contributed by atoms with Crippen molar-refractivity contribution in [3.63, 3.8) is 0 Å². The highest BCUT2D eigenvalue weighted by atomic mass is 16.2. The molecule has 0 bridgehead atoms. The van der Waals surface area contributed by atoms with Gasteiger partial charge in [0.05, 0.1) is 6.42 Å². The highest BCUT2D eigenvalue weighted by Gasteiger charge is 2.34. The molecule has 3 N–H and O–H groups in total. The van der Waals surface area contributed by atoms with Crippen molar-refractivity contribution in [2.24, 2.45) is 0 Å². The minimum atomic E-state index is -0.654. The molecule has 3 aromatic rings. The van der Waals surface area contributed by atoms with Crippen LogP contribution in [0.5, 0.6) is 0 Å². The molecule has 0 spiro atoms. The van der Waals surface area contributed by atoms with Crippen LogP contribution >= 0.6 is 0 Å². The molecule has 1 aliphatic carbocycles. The second kappa shape index (κ2) is 15.7. The summed E-state index contributed by atoms with van der Waals surface area (Å²) in [5.74, 6) is -0.632. The number of amides is 4. The highest BCUT2D eigenvalue weighted by molar-refractivity contribution is 5.98. The minimum Gasteiger partial charge on any atom is -0.344 e. The van der Waals surface area contributed by atoms with Gasteiger partial charge in [0.25, 0.3) is 0 Å². The maximum Gasteiger partial charge on any atom is 0.247 e. The average Bonchev–Trinajstić information content (AvgIpc) is 3.57. The zero-order valence-corrected chi connectivity index (χ0v) is 26.1. The zero-order chi connectivity index (χ0) is 32.3. The third kappa shape index (κ3) is 9.14. The molecule has 8 nitrogen and oxygen atoms in total. The topological polar surface area (TPSA) is 108 Å². The van der Waals surface area contributed by atoms with Gasteiger partial charge in [0.15, 0.2) is 0 Å². The molecule has 1 fully saturated rings. The molecule has 46 heavy (non-hydrogen) atoms. The second-order valence-electron chi connectivity index (χ2n) is 11.7. The van der Waals surface area contributed by atoms with Crippen LogP contribution in [0.4, 0.5) is 11.4 Å². The maximum absolute atomic E-state index is 13.1. The van der Waals surface area contributed by atoms with Crippen molar-refractivity contribution in [3.8, 4) is 0 Å². The lowest BCUT2D eigenvalue weighted by atomic mass is 10.0. The van der Waals surface area contributed by atoms with Crippen molar-refractivity contribution in [3.05, 3.63) is 119 Å². The average molecular weight is 617 g/mol. The number of likely N-dealkylation sites (tertiary alicyclic amines) is 1. The molecule has 2 atom stereocenters. The Hall–Kier alpha value is -5.24. The summed E-state index contributed by atoms with van der Waals surface area (Å²) in [5, 5.41) is 8.60. The third-order valence-corrected chi connectivity index (χ3v) is 8.16. The molecule has 2 aliphatic rings. The van der Waals surface area contributed by atoms with E-state index >= 15 is 0 Å². The zero-order valence-electron chi connectivity index (χ0n) is 26.1. The summed E-state index contributed by atoms with van der Waals surface area (Å²) in [7, 11) is 0. The van der Waals surface area contributed by atoms with E-state index in [4.69, 9.17) is 0 Å². The van der Waals surface area contributed by atoms with E-state index in [1.807, 2.05) is 103 Å². The van der Waals surface area contributed by atoms with Crippen molar-refractivity contribution in [2.75, 3.05) is 17.2 Å². The van der Waals surface area contributed by atoms with E-state index in [0.717, 1.165) is 41.5 Å². The van der Waals surface area contributed by atoms with Gasteiger partial charge in [-0.15, -0.1) is 0 Å². The first-order valence-electron chi connectivity index (χ1n) is 15.8. The SMILES string of the molecule is C[C@H](NC(=O)CC1=CC=CCC1)C(=O)Nc1ccc(/C=C/c2ccc(NC(=O)[C@@H]3CCCN3C(=O)Cc3ccccc3)cc2)cc1. The van der Waals surface area contributed by atoms with Gasteiger partial charge in [0.1, 0.15) is 12.1 Å². The largest absolute Gasteiger partial charge is 0.344 e. The third-order valence-electron chi connectivity index (χ3n) is 8.16. The van der Waals surface area contributed by atoms with E-state index in [0.29, 0.717) is 37.2 Å². The van der Waals surface area contributed by atoms with Gasteiger partial charge < -0.3 is 20.9 Å². The number of anilines is 2. The van der Waals surface area contributed by atoms with Gasteiger partial charge in [-0.1, -0.05) is 90.6 Å². The Morgan fingerprint density at radius 1 is 0.848 bits per heavy atom. The monoisotopic (exact) mass is 616 g/mol. The van der Waals surface area contributed by atoms with Crippen molar-refractivity contribution in [1.29, 1.82) is 0 Å². The standard InChI is InChI=1S/C38H40N4O4/c1-27(39-35(43)25-30-9-4-2-5-10-30)37(45)40-32-20-16-28(17-21-32)14-15-29-18-22-33(23-19-29)41-38(46)34-13-8-24-42(34)36(44)26-31-11-6-3-7-12-31/h2-4,6-7,9,11-12,14-23,27,34H,5,8,10,13,24-26H2,1H3,(H,39,43)(H,40,45)(H,41,46)/b15-14+/t27-,34-/m0/s1. The Morgan fingerprint density at radius 3 is 2.13 bits per heavy atom. The normalized spacial score (nSPS) is 16.5. The second-order valence-corrected chi connectivity index (χ2v) is 11.7. The number of carbonyl (C=O) groups excluding carboxylic acids is 4. The molecule has 1 saturated heterocycles. The van der Waals surface area contributed by atoms with Crippen LogP contribution in [0.3, 0.4) is 0 Å². The molecule has 0 saturated carbocycles. The number of allylic oxidation sites excluding steroid dienone is 3. The van der Waals surface area contributed by atoms with Crippen molar-refractivity contribution >= 4 is 47.2 Å². The quantitative estimate of drug-likeness (QED) is 0.225. The van der Waals surface area contributed by atoms with Crippen LogP contribution in [0.15, 0.2) is 103 Å². The summed E-state index contributed by atoms with van der Waals surface area (Å²) < 4.78 is 0. The van der Waals surface area contributed by atoms with Crippen LogP contribution in [-0.4, -0.2) is 47.2 Å². The van der Waals surface area contributed by atoms with Crippen LogP contribution in [0, 0.1) is 0 Å². The lowest BCUT2D eigenvalue weighted by Crippen LogP contribution is -2.43. The van der Waals surface area contributed by atoms with E-state index in [9.17, 15) is 19.2 Å². The fourth-order valence-electron chi connectivity index (χ4n) is 5.60. The lowest BCUT2D eigenvalue weighted by molar-refractivity contribution is -0.136. The Bertz CT molecular complexity index is 1630. The molecule has 1 aliphatic heterocycles. The molecule has 3 aromatic carbocycles. The fourth-order valence-corrected chi connectivity index (χ4v) is 5.60. The van der Waals surface area contributed by atoms with Gasteiger partial charge in [-0.3, -0.25) is 19.2 Å². The summed E-state index contributed by atoms with van der Waals surface area (Å²) >= 11 is 0. The minimum absolute atomic E-state index is 0.0284. The van der Waals surface area contributed by atoms with Crippen LogP contribution < -0.4 is 16.0 Å². The smallest absolute Gasteiger partial charge is 0.247 e. The Balaban J connectivity index is 1.08. The predicted octanol–water partition coefficient (Wildman–Crippen LogP) is 6.14. The predicted molar refractivity (Wildman–Crippen MR) is 183 cm³/mol. The molecule has 5 rings (SSSR count). The van der Waals surface area contributed by atoms with Gasteiger partial charge in [0, 0.05) is 24.3 Å². The van der Waals surface area contributed by atoms with Gasteiger partial charge in [-0.2, -0.15) is 0 Å². The molecular formula is C38H40N4O4. The van der Waals surface area contributed by atoms with E-state index in [2.05, 4.69) is 22.0 Å². The van der Waals surface area contributed by atoms with Crippen molar-refractivity contribution in [2.45, 2.75) is 57.5 Å². The first-order chi connectivity index (χ1) is 22.3. The summed E-state index contributed by atoms with van der Waals surface area (Å²) in [4.78, 5) is 52.6. The van der Waals surface area contributed by atoms with Crippen molar-refractivity contribution in [1.82, 2.24) is 10.2 Å². The van der Waals surface area contributed by atoms with Gasteiger partial charge >= 0.3 is 0 Å². The summed E-state index contributed by atoms with van der Waals surface area (Å²) in [6.07, 6.45) is 13.8. The number of rotatable bonds is 11. The van der Waals surface area contributed by atoms with Crippen molar-refractivity contribution < 1.29 is 19.2 Å². The molecule has 0 radical (unpaired) electrons. The first-order valence-corrected chi connectivity index (χ1v) is 15.8. The number of nitrogens with zero attached hydrogens (tertiary/aromatic N) is 1. The molecule has 0 aromatic heterocycles. The molecule has 236 valence electrons. The van der Waals surface area contributed by atoms with Gasteiger partial charge in [-0.25, -0.2) is 0 Å². The van der Waals surface area contributed by atoms with E-state index in [1.165, 1.54) is 0 Å². The number of benzene rings is 3. The van der Waals surface area contributed by atoms with Crippen LogP contribution in [0.25, 0.3) is 12.2 Å². The van der Waals surface area contributed by atoms with Gasteiger partial charge in [-0.05, 0) is 73.6 Å².